The molecule has 118 valence electrons. The van der Waals surface area contributed by atoms with Crippen LogP contribution in [-0.4, -0.2) is 27.8 Å². The average molecular weight is 321 g/mol. The minimum Gasteiger partial charge on any atom is -0.463 e. The van der Waals surface area contributed by atoms with Crippen LogP contribution in [0.2, 0.25) is 0 Å². The molecule has 0 fully saturated rings. The first-order valence-electron chi connectivity index (χ1n) is 7.42. The summed E-state index contributed by atoms with van der Waals surface area (Å²) in [5, 5.41) is 0. The van der Waals surface area contributed by atoms with Crippen LogP contribution < -0.4 is 9.62 Å². The lowest BCUT2D eigenvalue weighted by Crippen LogP contribution is -3.12. The summed E-state index contributed by atoms with van der Waals surface area (Å²) in [6.45, 7) is 2.20. The largest absolute Gasteiger partial charge is 0.463 e. The first-order valence-corrected chi connectivity index (χ1v) is 9.31. The van der Waals surface area contributed by atoms with Gasteiger partial charge in [0.1, 0.15) is 6.54 Å². The molecule has 22 heavy (non-hydrogen) atoms. The van der Waals surface area contributed by atoms with Gasteiger partial charge in [0.05, 0.1) is 25.6 Å². The van der Waals surface area contributed by atoms with E-state index < -0.39 is 10.0 Å². The molecule has 2 atom stereocenters. The van der Waals surface area contributed by atoms with Gasteiger partial charge in [0.15, 0.2) is 11.8 Å². The van der Waals surface area contributed by atoms with E-state index in [1.807, 2.05) is 12.1 Å². The van der Waals surface area contributed by atoms with E-state index in [1.54, 1.807) is 6.26 Å². The van der Waals surface area contributed by atoms with Gasteiger partial charge in [0.2, 0.25) is 10.0 Å². The molecule has 0 radical (unpaired) electrons. The molecule has 0 spiro atoms. The molecular formula is C16H21N2O3S+. The zero-order valence-corrected chi connectivity index (χ0v) is 13.4. The molecule has 3 rings (SSSR count). The maximum atomic E-state index is 11.4. The van der Waals surface area contributed by atoms with E-state index in [4.69, 9.17) is 4.42 Å². The summed E-state index contributed by atoms with van der Waals surface area (Å²) < 4.78 is 31.0. The molecule has 0 saturated heterocycles. The Kier molecular flexibility index (Phi) is 4.33. The zero-order valence-electron chi connectivity index (χ0n) is 12.6. The van der Waals surface area contributed by atoms with Crippen LogP contribution in [0.15, 0.2) is 47.1 Å². The Morgan fingerprint density at radius 2 is 2.00 bits per heavy atom. The Balaban J connectivity index is 1.81. The molecule has 1 unspecified atom stereocenters. The van der Waals surface area contributed by atoms with Gasteiger partial charge in [-0.05, 0) is 17.7 Å². The topological polar surface area (TPSA) is 63.8 Å². The smallest absolute Gasteiger partial charge is 0.208 e. The normalized spacial score (nSPS) is 19.6. The third kappa shape index (κ3) is 3.58. The Hall–Kier alpha value is -1.63. The van der Waals surface area contributed by atoms with E-state index >= 15 is 0 Å². The third-order valence-electron chi connectivity index (χ3n) is 4.18. The summed E-state index contributed by atoms with van der Waals surface area (Å²) in [5.41, 5.74) is 2.72. The van der Waals surface area contributed by atoms with Crippen molar-refractivity contribution in [2.75, 3.05) is 19.3 Å². The predicted molar refractivity (Wildman–Crippen MR) is 84.0 cm³/mol. The number of hydrogen-bond acceptors (Lipinski definition) is 3. The van der Waals surface area contributed by atoms with Crippen LogP contribution in [-0.2, 0) is 23.0 Å². The van der Waals surface area contributed by atoms with Crippen molar-refractivity contribution in [2.45, 2.75) is 19.0 Å². The van der Waals surface area contributed by atoms with Crippen molar-refractivity contribution in [3.8, 4) is 0 Å². The van der Waals surface area contributed by atoms with Gasteiger partial charge in [0.25, 0.3) is 0 Å². The predicted octanol–water partition coefficient (Wildman–Crippen LogP) is 0.511. The number of furan rings is 1. The number of benzene rings is 1. The van der Waals surface area contributed by atoms with Gasteiger partial charge in [-0.15, -0.1) is 0 Å². The van der Waals surface area contributed by atoms with E-state index in [0.717, 1.165) is 25.3 Å². The average Bonchev–Trinajstić information content (AvgIpc) is 3.00. The van der Waals surface area contributed by atoms with Crippen LogP contribution in [0.1, 0.15) is 22.9 Å². The van der Waals surface area contributed by atoms with Gasteiger partial charge in [-0.2, -0.15) is 0 Å². The Morgan fingerprint density at radius 3 is 2.68 bits per heavy atom. The van der Waals surface area contributed by atoms with Gasteiger partial charge in [-0.1, -0.05) is 24.3 Å². The minimum absolute atomic E-state index is 0.0157. The van der Waals surface area contributed by atoms with E-state index in [0.29, 0.717) is 6.54 Å². The zero-order chi connectivity index (χ0) is 15.6. The summed E-state index contributed by atoms with van der Waals surface area (Å²) in [7, 11) is -3.21. The second kappa shape index (κ2) is 6.24. The fourth-order valence-electron chi connectivity index (χ4n) is 3.07. The lowest BCUT2D eigenvalue weighted by atomic mass is 9.98. The maximum absolute atomic E-state index is 11.4. The van der Waals surface area contributed by atoms with Gasteiger partial charge in [0, 0.05) is 12.0 Å². The molecule has 1 aliphatic heterocycles. The summed E-state index contributed by atoms with van der Waals surface area (Å²) in [6, 6.07) is 12.2. The molecule has 0 aliphatic carbocycles. The number of hydrogen-bond donors (Lipinski definition) is 2. The highest BCUT2D eigenvalue weighted by Gasteiger charge is 2.30. The van der Waals surface area contributed by atoms with Crippen LogP contribution in [0, 0.1) is 0 Å². The first-order chi connectivity index (χ1) is 10.5. The van der Waals surface area contributed by atoms with Crippen molar-refractivity contribution in [2.24, 2.45) is 0 Å². The number of fused-ring (bicyclic) bond motifs is 1. The molecule has 1 aromatic heterocycles. The molecule has 2 aromatic rings. The number of quaternary nitrogens is 1. The van der Waals surface area contributed by atoms with Crippen LogP contribution in [0.25, 0.3) is 0 Å². The Labute approximate surface area is 131 Å². The van der Waals surface area contributed by atoms with E-state index in [2.05, 4.69) is 29.0 Å². The molecule has 5 nitrogen and oxygen atoms in total. The molecule has 0 amide bonds. The van der Waals surface area contributed by atoms with Gasteiger partial charge in [-0.3, -0.25) is 0 Å². The van der Waals surface area contributed by atoms with Crippen LogP contribution in [0.4, 0.5) is 0 Å². The molecule has 2 N–H and O–H groups in total. The molecule has 6 heteroatoms. The number of nitrogens with one attached hydrogen (secondary N) is 2. The van der Waals surface area contributed by atoms with Crippen LogP contribution in [0.3, 0.4) is 0 Å². The second-order valence-corrected chi connectivity index (χ2v) is 7.63. The molecule has 0 bridgehead atoms. The first kappa shape index (κ1) is 15.3. The quantitative estimate of drug-likeness (QED) is 0.843. The second-order valence-electron chi connectivity index (χ2n) is 5.79. The standard InChI is InChI=1S/C16H20N2O3S/c1-22(19,20)17-11-15(16-7-4-10-21-16)18-9-8-13-5-2-3-6-14(13)12-18/h2-7,10,15,17H,8-9,11-12H2,1H3/p+1/t15-/m0/s1. The summed E-state index contributed by atoms with van der Waals surface area (Å²) in [4.78, 5) is 1.32. The summed E-state index contributed by atoms with van der Waals surface area (Å²) in [6.07, 6.45) is 3.83. The maximum Gasteiger partial charge on any atom is 0.208 e. The molecule has 0 saturated carbocycles. The summed E-state index contributed by atoms with van der Waals surface area (Å²) in [5.74, 6) is 0.825. The van der Waals surface area contributed by atoms with Crippen molar-refractivity contribution in [3.63, 3.8) is 0 Å². The van der Waals surface area contributed by atoms with Crippen molar-refractivity contribution >= 4 is 10.0 Å². The minimum atomic E-state index is -3.21. The SMILES string of the molecule is CS(=O)(=O)NC[C@@H](c1ccco1)[NH+]1CCc2ccccc2C1. The van der Waals surface area contributed by atoms with Gasteiger partial charge < -0.3 is 9.32 Å². The summed E-state index contributed by atoms with van der Waals surface area (Å²) >= 11 is 0. The van der Waals surface area contributed by atoms with Crippen molar-refractivity contribution in [3.05, 3.63) is 59.5 Å². The molecular weight excluding hydrogens is 300 g/mol. The van der Waals surface area contributed by atoms with Crippen molar-refractivity contribution in [1.82, 2.24) is 4.72 Å². The highest BCUT2D eigenvalue weighted by atomic mass is 32.2. The molecule has 1 aromatic carbocycles. The third-order valence-corrected chi connectivity index (χ3v) is 4.87. The van der Waals surface area contributed by atoms with Crippen molar-refractivity contribution < 1.29 is 17.7 Å². The fraction of sp³-hybridized carbons (Fsp3) is 0.375. The highest BCUT2D eigenvalue weighted by Crippen LogP contribution is 2.15. The van der Waals surface area contributed by atoms with E-state index in [1.165, 1.54) is 22.3 Å². The van der Waals surface area contributed by atoms with E-state index in [9.17, 15) is 8.42 Å². The number of rotatable bonds is 5. The van der Waals surface area contributed by atoms with Gasteiger partial charge in [-0.25, -0.2) is 13.1 Å². The molecule has 2 heterocycles. The molecule has 1 aliphatic rings. The Bertz CT molecular complexity index is 726. The van der Waals surface area contributed by atoms with Crippen LogP contribution in [0.5, 0.6) is 0 Å². The Morgan fingerprint density at radius 1 is 1.23 bits per heavy atom. The lowest BCUT2D eigenvalue weighted by Gasteiger charge is -2.31. The monoisotopic (exact) mass is 321 g/mol. The number of sulfonamides is 1. The van der Waals surface area contributed by atoms with Crippen molar-refractivity contribution in [1.29, 1.82) is 0 Å². The highest BCUT2D eigenvalue weighted by molar-refractivity contribution is 7.88. The fourth-order valence-corrected chi connectivity index (χ4v) is 3.54. The lowest BCUT2D eigenvalue weighted by molar-refractivity contribution is -0.946. The van der Waals surface area contributed by atoms with E-state index in [-0.39, 0.29) is 6.04 Å². The van der Waals surface area contributed by atoms with Crippen LogP contribution >= 0.6 is 0 Å². The van der Waals surface area contributed by atoms with Gasteiger partial charge >= 0.3 is 0 Å².